The molecule has 0 aromatic heterocycles. The zero-order chi connectivity index (χ0) is 17.5. The van der Waals surface area contributed by atoms with E-state index in [1.54, 1.807) is 9.80 Å². The van der Waals surface area contributed by atoms with Gasteiger partial charge in [0.05, 0.1) is 0 Å². The van der Waals surface area contributed by atoms with Crippen molar-refractivity contribution in [3.05, 3.63) is 59.1 Å². The zero-order valence-corrected chi connectivity index (χ0v) is 15.5. The van der Waals surface area contributed by atoms with Crippen LogP contribution < -0.4 is 9.80 Å². The molecular weight excluding hydrogens is 368 g/mol. The number of carbonyl (C=O) groups excluding carboxylic acids is 2. The standard InChI is InChI=1S/C19H21BrN2O2/c1-3-21(17-7-5-4-6-8-17)19(24)13-14-22(15(2)23)18-11-9-16(20)10-12-18/h4-12H,3,13-14H2,1-2H3. The molecule has 24 heavy (non-hydrogen) atoms. The Morgan fingerprint density at radius 2 is 1.50 bits per heavy atom. The topological polar surface area (TPSA) is 40.6 Å². The van der Waals surface area contributed by atoms with Crippen molar-refractivity contribution in [1.29, 1.82) is 0 Å². The van der Waals surface area contributed by atoms with Crippen LogP contribution in [0, 0.1) is 0 Å². The average Bonchev–Trinajstić information content (AvgIpc) is 2.58. The van der Waals surface area contributed by atoms with Gasteiger partial charge in [-0.3, -0.25) is 9.59 Å². The summed E-state index contributed by atoms with van der Waals surface area (Å²) < 4.78 is 0.951. The van der Waals surface area contributed by atoms with Gasteiger partial charge in [-0.2, -0.15) is 0 Å². The Morgan fingerprint density at radius 3 is 2.04 bits per heavy atom. The van der Waals surface area contributed by atoms with Crippen molar-refractivity contribution in [3.8, 4) is 0 Å². The highest BCUT2D eigenvalue weighted by molar-refractivity contribution is 9.10. The van der Waals surface area contributed by atoms with Crippen molar-refractivity contribution in [2.45, 2.75) is 20.3 Å². The number of amides is 2. The molecule has 4 nitrogen and oxygen atoms in total. The molecule has 2 amide bonds. The van der Waals surface area contributed by atoms with Crippen LogP contribution in [-0.2, 0) is 9.59 Å². The van der Waals surface area contributed by atoms with Crippen LogP contribution in [-0.4, -0.2) is 24.9 Å². The van der Waals surface area contributed by atoms with E-state index in [-0.39, 0.29) is 18.2 Å². The number of nitrogens with zero attached hydrogens (tertiary/aromatic N) is 2. The van der Waals surface area contributed by atoms with E-state index in [2.05, 4.69) is 15.9 Å². The fraction of sp³-hybridized carbons (Fsp3) is 0.263. The maximum Gasteiger partial charge on any atom is 0.228 e. The first-order valence-corrected chi connectivity index (χ1v) is 8.71. The smallest absolute Gasteiger partial charge is 0.228 e. The van der Waals surface area contributed by atoms with E-state index in [1.807, 2.05) is 61.5 Å². The van der Waals surface area contributed by atoms with E-state index in [4.69, 9.17) is 0 Å². The van der Waals surface area contributed by atoms with Gasteiger partial charge < -0.3 is 9.80 Å². The van der Waals surface area contributed by atoms with Gasteiger partial charge in [0.1, 0.15) is 0 Å². The molecule has 2 aromatic carbocycles. The first kappa shape index (κ1) is 18.2. The molecule has 0 fully saturated rings. The lowest BCUT2D eigenvalue weighted by Gasteiger charge is -2.25. The predicted molar refractivity (Wildman–Crippen MR) is 101 cm³/mol. The number of anilines is 2. The third-order valence-corrected chi connectivity index (χ3v) is 4.28. The third kappa shape index (κ3) is 4.68. The summed E-state index contributed by atoms with van der Waals surface area (Å²) in [5.41, 5.74) is 1.67. The molecular formula is C19H21BrN2O2. The van der Waals surface area contributed by atoms with Gasteiger partial charge in [-0.05, 0) is 43.3 Å². The van der Waals surface area contributed by atoms with Crippen LogP contribution >= 0.6 is 15.9 Å². The van der Waals surface area contributed by atoms with E-state index in [9.17, 15) is 9.59 Å². The van der Waals surface area contributed by atoms with Gasteiger partial charge >= 0.3 is 0 Å². The summed E-state index contributed by atoms with van der Waals surface area (Å²) in [5.74, 6) is -0.0695. The number of carbonyl (C=O) groups is 2. The zero-order valence-electron chi connectivity index (χ0n) is 13.9. The van der Waals surface area contributed by atoms with Gasteiger partial charge in [0, 0.05) is 42.3 Å². The van der Waals surface area contributed by atoms with Crippen molar-refractivity contribution in [2.75, 3.05) is 22.9 Å². The molecule has 5 heteroatoms. The van der Waals surface area contributed by atoms with E-state index < -0.39 is 0 Å². The van der Waals surface area contributed by atoms with Crippen molar-refractivity contribution in [1.82, 2.24) is 0 Å². The number of hydrogen-bond acceptors (Lipinski definition) is 2. The fourth-order valence-electron chi connectivity index (χ4n) is 2.54. The summed E-state index contributed by atoms with van der Waals surface area (Å²) in [5, 5.41) is 0. The van der Waals surface area contributed by atoms with Gasteiger partial charge in [-0.1, -0.05) is 34.1 Å². The Hall–Kier alpha value is -2.14. The second-order valence-electron chi connectivity index (χ2n) is 5.37. The average molecular weight is 389 g/mol. The Kier molecular flexibility index (Phi) is 6.55. The molecule has 0 bridgehead atoms. The molecule has 126 valence electrons. The minimum atomic E-state index is -0.0760. The maximum atomic E-state index is 12.6. The minimum absolute atomic E-state index is 0.00654. The molecule has 2 aromatic rings. The lowest BCUT2D eigenvalue weighted by atomic mass is 10.2. The summed E-state index contributed by atoms with van der Waals surface area (Å²) in [6, 6.07) is 17.1. The van der Waals surface area contributed by atoms with Crippen LogP contribution in [0.4, 0.5) is 11.4 Å². The molecule has 0 spiro atoms. The summed E-state index contributed by atoms with van der Waals surface area (Å²) in [6.45, 7) is 4.42. The van der Waals surface area contributed by atoms with Crippen LogP contribution in [0.25, 0.3) is 0 Å². The molecule has 0 aliphatic heterocycles. The molecule has 0 saturated heterocycles. The monoisotopic (exact) mass is 388 g/mol. The highest BCUT2D eigenvalue weighted by atomic mass is 79.9. The van der Waals surface area contributed by atoms with Crippen LogP contribution in [0.1, 0.15) is 20.3 Å². The Labute approximate surface area is 151 Å². The number of benzene rings is 2. The van der Waals surface area contributed by atoms with Crippen LogP contribution in [0.5, 0.6) is 0 Å². The number of rotatable bonds is 6. The van der Waals surface area contributed by atoms with Crippen molar-refractivity contribution in [3.63, 3.8) is 0 Å². The van der Waals surface area contributed by atoms with Crippen LogP contribution in [0.15, 0.2) is 59.1 Å². The Balaban J connectivity index is 2.07. The van der Waals surface area contributed by atoms with Gasteiger partial charge in [-0.25, -0.2) is 0 Å². The first-order valence-electron chi connectivity index (χ1n) is 7.92. The van der Waals surface area contributed by atoms with Gasteiger partial charge in [0.25, 0.3) is 0 Å². The second kappa shape index (κ2) is 8.64. The molecule has 0 atom stereocenters. The second-order valence-corrected chi connectivity index (χ2v) is 6.29. The molecule has 0 saturated carbocycles. The van der Waals surface area contributed by atoms with Crippen molar-refractivity contribution in [2.24, 2.45) is 0 Å². The highest BCUT2D eigenvalue weighted by Crippen LogP contribution is 2.20. The Morgan fingerprint density at radius 1 is 0.917 bits per heavy atom. The SMILES string of the molecule is CCN(C(=O)CCN(C(C)=O)c1ccc(Br)cc1)c1ccccc1. The van der Waals surface area contributed by atoms with E-state index >= 15 is 0 Å². The molecule has 0 heterocycles. The molecule has 0 aliphatic carbocycles. The summed E-state index contributed by atoms with van der Waals surface area (Å²) >= 11 is 3.38. The molecule has 0 unspecified atom stereocenters. The minimum Gasteiger partial charge on any atom is -0.313 e. The molecule has 0 radical (unpaired) electrons. The number of halogens is 1. The fourth-order valence-corrected chi connectivity index (χ4v) is 2.81. The van der Waals surface area contributed by atoms with Crippen LogP contribution in [0.2, 0.25) is 0 Å². The van der Waals surface area contributed by atoms with Crippen LogP contribution in [0.3, 0.4) is 0 Å². The van der Waals surface area contributed by atoms with Gasteiger partial charge in [0.15, 0.2) is 0 Å². The largest absolute Gasteiger partial charge is 0.313 e. The van der Waals surface area contributed by atoms with Crippen molar-refractivity contribution >= 4 is 39.1 Å². The lowest BCUT2D eigenvalue weighted by molar-refractivity contribution is -0.118. The molecule has 0 aliphatic rings. The first-order chi connectivity index (χ1) is 11.5. The molecule has 0 N–H and O–H groups in total. The number of hydrogen-bond donors (Lipinski definition) is 0. The Bertz CT molecular complexity index is 686. The lowest BCUT2D eigenvalue weighted by Crippen LogP contribution is -2.36. The summed E-state index contributed by atoms with van der Waals surface area (Å²) in [7, 11) is 0. The quantitative estimate of drug-likeness (QED) is 0.741. The number of para-hydroxylation sites is 1. The van der Waals surface area contributed by atoms with Gasteiger partial charge in [-0.15, -0.1) is 0 Å². The van der Waals surface area contributed by atoms with E-state index in [0.29, 0.717) is 13.1 Å². The normalized spacial score (nSPS) is 10.3. The third-order valence-electron chi connectivity index (χ3n) is 3.75. The maximum absolute atomic E-state index is 12.6. The van der Waals surface area contributed by atoms with E-state index in [0.717, 1.165) is 15.8 Å². The molecule has 2 rings (SSSR count). The van der Waals surface area contributed by atoms with E-state index in [1.165, 1.54) is 6.92 Å². The summed E-state index contributed by atoms with van der Waals surface area (Å²) in [4.78, 5) is 27.9. The highest BCUT2D eigenvalue weighted by Gasteiger charge is 2.17. The van der Waals surface area contributed by atoms with Crippen molar-refractivity contribution < 1.29 is 9.59 Å². The summed E-state index contributed by atoms with van der Waals surface area (Å²) in [6.07, 6.45) is 0.276. The predicted octanol–water partition coefficient (Wildman–Crippen LogP) is 4.25. The van der Waals surface area contributed by atoms with Gasteiger partial charge in [0.2, 0.25) is 11.8 Å².